The topological polar surface area (TPSA) is 165 Å². The maximum atomic E-state index is 11.9. The number of phenols is 2. The molecule has 9 nitrogen and oxygen atoms in total. The van der Waals surface area contributed by atoms with Crippen LogP contribution in [-0.2, 0) is 14.3 Å². The zero-order chi connectivity index (χ0) is 19.5. The molecule has 0 aliphatic heterocycles. The Morgan fingerprint density at radius 3 is 2.46 bits per heavy atom. The maximum Gasteiger partial charge on any atom is 0.331 e. The fourth-order valence-corrected chi connectivity index (χ4v) is 2.84. The van der Waals surface area contributed by atoms with Gasteiger partial charge in [-0.05, 0) is 30.2 Å². The minimum Gasteiger partial charge on any atom is -0.504 e. The van der Waals surface area contributed by atoms with E-state index in [9.17, 15) is 40.2 Å². The number of phenolic OH excluding ortho intramolecular Hbond substituents is 2. The summed E-state index contributed by atoms with van der Waals surface area (Å²) in [6.07, 6.45) is -2.71. The average molecular weight is 368 g/mol. The summed E-state index contributed by atoms with van der Waals surface area (Å²) in [5.41, 5.74) is -1.33. The summed E-state index contributed by atoms with van der Waals surface area (Å²) in [7, 11) is 0. The summed E-state index contributed by atoms with van der Waals surface area (Å²) in [6.45, 7) is -0.775. The maximum absolute atomic E-state index is 11.9. The number of ether oxygens (including phenoxy) is 1. The molecule has 1 aliphatic rings. The number of benzene rings is 1. The Kier molecular flexibility index (Phi) is 5.86. The molecule has 1 aromatic rings. The van der Waals surface area contributed by atoms with E-state index < -0.39 is 42.3 Å². The predicted octanol–water partition coefficient (Wildman–Crippen LogP) is -0.398. The normalized spacial score (nSPS) is 28.8. The van der Waals surface area contributed by atoms with E-state index >= 15 is 0 Å². The van der Waals surface area contributed by atoms with Crippen LogP contribution in [0.1, 0.15) is 18.4 Å². The lowest BCUT2D eigenvalue weighted by Crippen LogP contribution is -2.54. The molecule has 0 amide bonds. The van der Waals surface area contributed by atoms with Gasteiger partial charge in [-0.15, -0.1) is 0 Å². The molecule has 1 fully saturated rings. The lowest BCUT2D eigenvalue weighted by Gasteiger charge is -2.41. The quantitative estimate of drug-likeness (QED) is 0.230. The van der Waals surface area contributed by atoms with Gasteiger partial charge in [-0.3, -0.25) is 4.79 Å². The minimum atomic E-state index is -1.71. The molecular formula is C17H20O9. The molecule has 1 aliphatic carbocycles. The number of aliphatic hydroxyl groups is 3. The van der Waals surface area contributed by atoms with Crippen LogP contribution in [0.3, 0.4) is 0 Å². The van der Waals surface area contributed by atoms with E-state index in [0.717, 1.165) is 6.08 Å². The van der Waals surface area contributed by atoms with Crippen LogP contribution in [0.15, 0.2) is 24.3 Å². The molecule has 4 atom stereocenters. The highest BCUT2D eigenvalue weighted by molar-refractivity contribution is 5.87. The van der Waals surface area contributed by atoms with Crippen molar-refractivity contribution < 1.29 is 45.0 Å². The first-order chi connectivity index (χ1) is 12.2. The van der Waals surface area contributed by atoms with Gasteiger partial charge in [0.1, 0.15) is 12.2 Å². The number of rotatable bonds is 5. The van der Waals surface area contributed by atoms with Crippen LogP contribution in [0.25, 0.3) is 6.08 Å². The molecule has 2 unspecified atom stereocenters. The summed E-state index contributed by atoms with van der Waals surface area (Å²) in [5, 5.41) is 57.1. The van der Waals surface area contributed by atoms with E-state index in [1.807, 2.05) is 0 Å². The van der Waals surface area contributed by atoms with Crippen molar-refractivity contribution in [3.8, 4) is 11.5 Å². The minimum absolute atomic E-state index is 0.321. The van der Waals surface area contributed by atoms with Gasteiger partial charge >= 0.3 is 11.9 Å². The zero-order valence-corrected chi connectivity index (χ0v) is 13.6. The van der Waals surface area contributed by atoms with Gasteiger partial charge in [0, 0.05) is 12.5 Å². The third kappa shape index (κ3) is 4.13. The van der Waals surface area contributed by atoms with Gasteiger partial charge in [-0.25, -0.2) is 4.79 Å². The first kappa shape index (κ1) is 19.7. The molecule has 9 heteroatoms. The molecule has 2 rings (SSSR count). The molecule has 0 heterocycles. The van der Waals surface area contributed by atoms with E-state index in [2.05, 4.69) is 0 Å². The van der Waals surface area contributed by atoms with Crippen LogP contribution in [0.5, 0.6) is 11.5 Å². The predicted molar refractivity (Wildman–Crippen MR) is 87.1 cm³/mol. The van der Waals surface area contributed by atoms with E-state index in [1.165, 1.54) is 24.3 Å². The lowest BCUT2D eigenvalue weighted by molar-refractivity contribution is -0.186. The first-order valence-corrected chi connectivity index (χ1v) is 7.79. The fraction of sp³-hybridized carbons (Fsp3) is 0.412. The van der Waals surface area contributed by atoms with Crippen LogP contribution >= 0.6 is 0 Å². The molecule has 0 radical (unpaired) electrons. The number of carboxylic acid groups (broad SMARTS) is 1. The van der Waals surface area contributed by atoms with Crippen molar-refractivity contribution in [2.24, 2.45) is 5.41 Å². The van der Waals surface area contributed by atoms with E-state index in [4.69, 9.17) is 4.74 Å². The van der Waals surface area contributed by atoms with Crippen LogP contribution in [0, 0.1) is 5.41 Å². The Morgan fingerprint density at radius 1 is 1.19 bits per heavy atom. The Labute approximate surface area is 148 Å². The smallest absolute Gasteiger partial charge is 0.331 e. The van der Waals surface area contributed by atoms with Crippen molar-refractivity contribution in [2.75, 3.05) is 6.61 Å². The number of carbonyl (C=O) groups excluding carboxylic acids is 1. The van der Waals surface area contributed by atoms with Crippen molar-refractivity contribution in [2.45, 2.75) is 31.2 Å². The Bertz CT molecular complexity index is 714. The van der Waals surface area contributed by atoms with E-state index in [-0.39, 0.29) is 24.3 Å². The number of carbonyl (C=O) groups is 2. The van der Waals surface area contributed by atoms with E-state index in [1.54, 1.807) is 0 Å². The molecule has 1 saturated carbocycles. The van der Waals surface area contributed by atoms with Crippen molar-refractivity contribution in [3.05, 3.63) is 29.8 Å². The Hall–Kier alpha value is -2.62. The average Bonchev–Trinajstić information content (AvgIpc) is 2.59. The van der Waals surface area contributed by atoms with Gasteiger partial charge in [0.25, 0.3) is 0 Å². The number of carboxylic acids is 1. The number of esters is 1. The summed E-state index contributed by atoms with van der Waals surface area (Å²) >= 11 is 0. The molecule has 0 saturated heterocycles. The van der Waals surface area contributed by atoms with Gasteiger partial charge < -0.3 is 35.4 Å². The van der Waals surface area contributed by atoms with Gasteiger partial charge in [-0.1, -0.05) is 6.07 Å². The highest BCUT2D eigenvalue weighted by Gasteiger charge is 2.51. The molecule has 6 N–H and O–H groups in total. The zero-order valence-electron chi connectivity index (χ0n) is 13.6. The van der Waals surface area contributed by atoms with Gasteiger partial charge in [-0.2, -0.15) is 0 Å². The highest BCUT2D eigenvalue weighted by Crippen LogP contribution is 2.38. The summed E-state index contributed by atoms with van der Waals surface area (Å²) in [6, 6.07) is 3.86. The van der Waals surface area contributed by atoms with Gasteiger partial charge in [0.2, 0.25) is 0 Å². The summed E-state index contributed by atoms with van der Waals surface area (Å²) in [5.74, 6) is -2.96. The number of hydrogen-bond acceptors (Lipinski definition) is 8. The molecule has 26 heavy (non-hydrogen) atoms. The van der Waals surface area contributed by atoms with Crippen molar-refractivity contribution in [1.82, 2.24) is 0 Å². The second-order valence-corrected chi connectivity index (χ2v) is 6.27. The second kappa shape index (κ2) is 7.73. The third-order valence-corrected chi connectivity index (χ3v) is 4.40. The van der Waals surface area contributed by atoms with Crippen LogP contribution < -0.4 is 0 Å². The van der Waals surface area contributed by atoms with E-state index in [0.29, 0.717) is 5.56 Å². The van der Waals surface area contributed by atoms with Crippen LogP contribution in [-0.4, -0.2) is 67.5 Å². The van der Waals surface area contributed by atoms with Crippen LogP contribution in [0.2, 0.25) is 0 Å². The Morgan fingerprint density at radius 2 is 1.88 bits per heavy atom. The molecule has 0 aromatic heterocycles. The summed E-state index contributed by atoms with van der Waals surface area (Å²) < 4.78 is 5.03. The van der Waals surface area contributed by atoms with Crippen molar-refractivity contribution >= 4 is 18.0 Å². The molecule has 1 aromatic carbocycles. The largest absolute Gasteiger partial charge is 0.504 e. The van der Waals surface area contributed by atoms with Crippen molar-refractivity contribution in [1.29, 1.82) is 0 Å². The molecule has 0 spiro atoms. The number of aromatic hydroxyl groups is 2. The number of aliphatic carboxylic acids is 1. The molecule has 0 bridgehead atoms. The number of aliphatic hydroxyl groups excluding tert-OH is 3. The fourth-order valence-electron chi connectivity index (χ4n) is 2.84. The molecule has 142 valence electrons. The van der Waals surface area contributed by atoms with Gasteiger partial charge in [0.05, 0.1) is 18.1 Å². The second-order valence-electron chi connectivity index (χ2n) is 6.27. The summed E-state index contributed by atoms with van der Waals surface area (Å²) in [4.78, 5) is 23.3. The standard InChI is InChI=1S/C17H20O9/c18-8-17(16(24)25)6-12(21)15(23)13(7-17)26-14(22)4-2-9-1-3-10(19)11(20)5-9/h1-5,12-13,15,18-21,23H,6-8H2,(H,24,25)/b4-2+/t12?,13-,15?,17-/m1/s1. The first-order valence-electron chi connectivity index (χ1n) is 7.79. The number of hydrogen-bond donors (Lipinski definition) is 6. The Balaban J connectivity index is 2.09. The lowest BCUT2D eigenvalue weighted by atomic mass is 9.71. The third-order valence-electron chi connectivity index (χ3n) is 4.40. The molecular weight excluding hydrogens is 348 g/mol. The van der Waals surface area contributed by atoms with Crippen molar-refractivity contribution in [3.63, 3.8) is 0 Å². The highest BCUT2D eigenvalue weighted by atomic mass is 16.6. The monoisotopic (exact) mass is 368 g/mol. The SMILES string of the molecule is O=C(/C=C/c1ccc(O)c(O)c1)O[C@@H]1C[C@](CO)(C(=O)O)CC(O)C1O. The van der Waals surface area contributed by atoms with Crippen LogP contribution in [0.4, 0.5) is 0 Å². The van der Waals surface area contributed by atoms with Gasteiger partial charge in [0.15, 0.2) is 11.5 Å².